The highest BCUT2D eigenvalue weighted by atomic mass is 15.4. The third kappa shape index (κ3) is 1.69. The van der Waals surface area contributed by atoms with Crippen LogP contribution < -0.4 is 0 Å². The zero-order valence-corrected chi connectivity index (χ0v) is 11.2. The zero-order valence-electron chi connectivity index (χ0n) is 11.2. The molecule has 0 spiro atoms. The molecule has 0 radical (unpaired) electrons. The molecule has 17 heavy (non-hydrogen) atoms. The van der Waals surface area contributed by atoms with E-state index in [1.807, 2.05) is 10.9 Å². The van der Waals surface area contributed by atoms with E-state index in [-0.39, 0.29) is 5.54 Å². The smallest absolute Gasteiger partial charge is 0.0692 e. The lowest BCUT2D eigenvalue weighted by atomic mass is 9.99. The molecule has 2 aliphatic rings. The second-order valence-electron chi connectivity index (χ2n) is 6.81. The summed E-state index contributed by atoms with van der Waals surface area (Å²) in [6.07, 6.45) is 6.38. The average molecular weight is 234 g/mol. The maximum atomic E-state index is 4.11. The van der Waals surface area contributed by atoms with Gasteiger partial charge in [0.05, 0.1) is 6.20 Å². The average Bonchev–Trinajstić information content (AvgIpc) is 2.61. The van der Waals surface area contributed by atoms with Crippen molar-refractivity contribution in [3.8, 4) is 0 Å². The first kappa shape index (κ1) is 11.2. The molecule has 1 saturated carbocycles. The number of likely N-dealkylation sites (tertiary alicyclic amines) is 1. The number of fused-ring (bicyclic) bond motifs is 1. The molecular weight excluding hydrogens is 212 g/mol. The predicted octanol–water partition coefficient (Wildman–Crippen LogP) is 1.93. The van der Waals surface area contributed by atoms with Gasteiger partial charge in [0.15, 0.2) is 0 Å². The Bertz CT molecular complexity index is 406. The largest absolute Gasteiger partial charge is 0.292 e. The summed E-state index contributed by atoms with van der Waals surface area (Å²) in [4.78, 5) is 2.70. The number of nitrogens with zero attached hydrogens (tertiary/aromatic N) is 4. The van der Waals surface area contributed by atoms with Crippen molar-refractivity contribution in [2.24, 2.45) is 5.41 Å². The summed E-state index contributed by atoms with van der Waals surface area (Å²) in [6, 6.07) is 1.44. The van der Waals surface area contributed by atoms with Gasteiger partial charge in [-0.2, -0.15) is 0 Å². The van der Waals surface area contributed by atoms with Crippen LogP contribution in [-0.2, 0) is 6.54 Å². The molecule has 0 N–H and O–H groups in total. The van der Waals surface area contributed by atoms with Gasteiger partial charge in [0.2, 0.25) is 0 Å². The van der Waals surface area contributed by atoms with E-state index in [2.05, 4.69) is 42.9 Å². The minimum atomic E-state index is 0.282. The van der Waals surface area contributed by atoms with Crippen molar-refractivity contribution in [2.75, 3.05) is 0 Å². The third-order valence-electron chi connectivity index (χ3n) is 4.38. The Hall–Kier alpha value is -0.900. The predicted molar refractivity (Wildman–Crippen MR) is 66.5 cm³/mol. The molecule has 1 aliphatic carbocycles. The molecule has 4 nitrogen and oxygen atoms in total. The van der Waals surface area contributed by atoms with Crippen molar-refractivity contribution in [1.29, 1.82) is 0 Å². The number of hydrogen-bond acceptors (Lipinski definition) is 3. The summed E-state index contributed by atoms with van der Waals surface area (Å²) < 4.78 is 2.00. The Morgan fingerprint density at radius 1 is 1.35 bits per heavy atom. The Labute approximate surface area is 103 Å². The van der Waals surface area contributed by atoms with Crippen LogP contribution in [0, 0.1) is 5.41 Å². The van der Waals surface area contributed by atoms with E-state index in [1.54, 1.807) is 6.20 Å². The first-order chi connectivity index (χ1) is 7.92. The van der Waals surface area contributed by atoms with E-state index in [9.17, 15) is 0 Å². The van der Waals surface area contributed by atoms with Gasteiger partial charge in [0.25, 0.3) is 0 Å². The van der Waals surface area contributed by atoms with Gasteiger partial charge in [-0.05, 0) is 40.5 Å². The fraction of sp³-hybridized carbons (Fsp3) is 0.846. The molecule has 1 saturated heterocycles. The Morgan fingerprint density at radius 3 is 2.65 bits per heavy atom. The monoisotopic (exact) mass is 234 g/mol. The second-order valence-corrected chi connectivity index (χ2v) is 6.81. The van der Waals surface area contributed by atoms with E-state index in [0.29, 0.717) is 11.5 Å². The first-order valence-electron chi connectivity index (χ1n) is 6.55. The van der Waals surface area contributed by atoms with Crippen LogP contribution in [-0.4, -0.2) is 37.5 Å². The van der Waals surface area contributed by atoms with E-state index in [4.69, 9.17) is 0 Å². The molecular formula is C13H22N4. The maximum Gasteiger partial charge on any atom is 0.0692 e. The summed E-state index contributed by atoms with van der Waals surface area (Å²) in [5.74, 6) is 0. The summed E-state index contributed by atoms with van der Waals surface area (Å²) in [5.41, 5.74) is 0.755. The van der Waals surface area contributed by atoms with Gasteiger partial charge < -0.3 is 0 Å². The number of aromatic nitrogens is 3. The molecule has 3 atom stereocenters. The first-order valence-corrected chi connectivity index (χ1v) is 6.55. The van der Waals surface area contributed by atoms with Crippen LogP contribution in [0.1, 0.15) is 40.5 Å². The van der Waals surface area contributed by atoms with Gasteiger partial charge in [-0.1, -0.05) is 5.21 Å². The minimum absolute atomic E-state index is 0.282. The molecule has 94 valence electrons. The Kier molecular flexibility index (Phi) is 2.18. The van der Waals surface area contributed by atoms with Crippen molar-refractivity contribution >= 4 is 0 Å². The SMILES string of the molecule is CC1C[C@@]2(Cn3ccnn3)C[C@H]2N1C(C)(C)C. The van der Waals surface area contributed by atoms with Crippen LogP contribution in [0.15, 0.2) is 12.4 Å². The van der Waals surface area contributed by atoms with E-state index in [0.717, 1.165) is 12.6 Å². The van der Waals surface area contributed by atoms with Crippen LogP contribution in [0.4, 0.5) is 0 Å². The Morgan fingerprint density at radius 2 is 2.12 bits per heavy atom. The lowest BCUT2D eigenvalue weighted by Crippen LogP contribution is -2.45. The molecule has 2 heterocycles. The van der Waals surface area contributed by atoms with E-state index >= 15 is 0 Å². The highest BCUT2D eigenvalue weighted by Crippen LogP contribution is 2.61. The fourth-order valence-corrected chi connectivity index (χ4v) is 3.94. The summed E-state index contributed by atoms with van der Waals surface area (Å²) in [6.45, 7) is 10.4. The molecule has 2 fully saturated rings. The molecule has 0 aromatic carbocycles. The van der Waals surface area contributed by atoms with Crippen molar-refractivity contribution in [1.82, 2.24) is 19.9 Å². The third-order valence-corrected chi connectivity index (χ3v) is 4.38. The van der Waals surface area contributed by atoms with Gasteiger partial charge in [0.1, 0.15) is 0 Å². The number of rotatable bonds is 2. The molecule has 1 unspecified atom stereocenters. The van der Waals surface area contributed by atoms with Gasteiger partial charge in [-0.3, -0.25) is 9.58 Å². The second kappa shape index (κ2) is 3.31. The van der Waals surface area contributed by atoms with Crippen LogP contribution in [0.25, 0.3) is 0 Å². The van der Waals surface area contributed by atoms with Gasteiger partial charge >= 0.3 is 0 Å². The van der Waals surface area contributed by atoms with Crippen molar-refractivity contribution in [3.05, 3.63) is 12.4 Å². The molecule has 1 aromatic rings. The summed E-state index contributed by atoms with van der Waals surface area (Å²) >= 11 is 0. The van der Waals surface area contributed by atoms with Crippen molar-refractivity contribution < 1.29 is 0 Å². The normalized spacial score (nSPS) is 37.2. The highest BCUT2D eigenvalue weighted by Gasteiger charge is 2.65. The zero-order chi connectivity index (χ0) is 12.3. The maximum absolute atomic E-state index is 4.11. The molecule has 1 aliphatic heterocycles. The molecule has 0 bridgehead atoms. The lowest BCUT2D eigenvalue weighted by Gasteiger charge is -2.37. The van der Waals surface area contributed by atoms with Crippen LogP contribution in [0.2, 0.25) is 0 Å². The number of hydrogen-bond donors (Lipinski definition) is 0. The number of piperidine rings is 1. The molecule has 0 amide bonds. The van der Waals surface area contributed by atoms with Crippen molar-refractivity contribution in [3.63, 3.8) is 0 Å². The van der Waals surface area contributed by atoms with Crippen LogP contribution in [0.5, 0.6) is 0 Å². The Balaban J connectivity index is 1.77. The fourth-order valence-electron chi connectivity index (χ4n) is 3.94. The topological polar surface area (TPSA) is 34.0 Å². The van der Waals surface area contributed by atoms with E-state index < -0.39 is 0 Å². The van der Waals surface area contributed by atoms with Crippen LogP contribution >= 0.6 is 0 Å². The van der Waals surface area contributed by atoms with Gasteiger partial charge in [0, 0.05) is 35.8 Å². The lowest BCUT2D eigenvalue weighted by molar-refractivity contribution is 0.104. The van der Waals surface area contributed by atoms with Crippen molar-refractivity contribution in [2.45, 2.75) is 64.7 Å². The minimum Gasteiger partial charge on any atom is -0.292 e. The van der Waals surface area contributed by atoms with E-state index in [1.165, 1.54) is 12.8 Å². The van der Waals surface area contributed by atoms with Crippen LogP contribution in [0.3, 0.4) is 0 Å². The molecule has 1 aromatic heterocycles. The standard InChI is InChI=1S/C13H22N4/c1-10-7-13(9-16-6-5-14-15-16)8-11(13)17(10)12(2,3)4/h5-6,10-11H,7-9H2,1-4H3/t10?,11-,13+/m1/s1. The summed E-state index contributed by atoms with van der Waals surface area (Å²) in [5, 5.41) is 8.01. The molecule has 3 rings (SSSR count). The van der Waals surface area contributed by atoms with Gasteiger partial charge in [-0.25, -0.2) is 0 Å². The van der Waals surface area contributed by atoms with Gasteiger partial charge in [-0.15, -0.1) is 5.10 Å². The quantitative estimate of drug-likeness (QED) is 0.784. The molecule has 4 heteroatoms. The summed E-state index contributed by atoms with van der Waals surface area (Å²) in [7, 11) is 0. The highest BCUT2D eigenvalue weighted by molar-refractivity contribution is 5.17.